The second kappa shape index (κ2) is 11.6. The number of hydrogen-bond donors (Lipinski definition) is 1. The Morgan fingerprint density at radius 2 is 1.92 bits per heavy atom. The van der Waals surface area contributed by atoms with Crippen LogP contribution < -0.4 is 10.1 Å². The summed E-state index contributed by atoms with van der Waals surface area (Å²) in [5.74, 6) is 0.411. The monoisotopic (exact) mass is 525 g/mol. The lowest BCUT2D eigenvalue weighted by Crippen LogP contribution is -2.27. The van der Waals surface area contributed by atoms with Crippen molar-refractivity contribution in [2.45, 2.75) is 26.4 Å². The fraction of sp³-hybridized carbons (Fsp3) is 0.296. The summed E-state index contributed by atoms with van der Waals surface area (Å²) in [7, 11) is 3.94. The van der Waals surface area contributed by atoms with Crippen LogP contribution in [0, 0.1) is 6.92 Å². The number of carbonyl (C=O) groups is 1. The molecular formula is C27H29F2N5O2S. The number of aryl methyl sites for hydroxylation is 1. The molecule has 0 unspecified atom stereocenters. The van der Waals surface area contributed by atoms with Gasteiger partial charge in [-0.1, -0.05) is 6.07 Å². The first-order chi connectivity index (χ1) is 17.7. The number of nitrogens with zero attached hydrogens (tertiary/aromatic N) is 4. The van der Waals surface area contributed by atoms with Gasteiger partial charge in [-0.05, 0) is 80.5 Å². The normalized spacial score (nSPS) is 12.2. The molecule has 0 fully saturated rings. The van der Waals surface area contributed by atoms with Crippen molar-refractivity contribution < 1.29 is 18.3 Å². The number of benzene rings is 2. The molecule has 10 heteroatoms. The maximum atomic E-state index is 13.3. The Morgan fingerprint density at radius 3 is 2.59 bits per heavy atom. The van der Waals surface area contributed by atoms with E-state index in [1.807, 2.05) is 63.2 Å². The van der Waals surface area contributed by atoms with Crippen LogP contribution in [0.15, 0.2) is 60.5 Å². The van der Waals surface area contributed by atoms with Gasteiger partial charge < -0.3 is 15.0 Å². The van der Waals surface area contributed by atoms with Gasteiger partial charge >= 0.3 is 6.55 Å². The predicted octanol–water partition coefficient (Wildman–Crippen LogP) is 5.81. The first kappa shape index (κ1) is 26.4. The lowest BCUT2D eigenvalue weighted by Gasteiger charge is -2.18. The largest absolute Gasteiger partial charge is 0.492 e. The van der Waals surface area contributed by atoms with Gasteiger partial charge in [0.05, 0.1) is 22.6 Å². The first-order valence-electron chi connectivity index (χ1n) is 11.8. The third kappa shape index (κ3) is 6.58. The molecule has 0 saturated heterocycles. The fourth-order valence-corrected chi connectivity index (χ4v) is 4.41. The predicted molar refractivity (Wildman–Crippen MR) is 141 cm³/mol. The van der Waals surface area contributed by atoms with Gasteiger partial charge in [0.15, 0.2) is 0 Å². The molecule has 37 heavy (non-hydrogen) atoms. The van der Waals surface area contributed by atoms with Gasteiger partial charge in [0.25, 0.3) is 5.91 Å². The van der Waals surface area contributed by atoms with Gasteiger partial charge in [0.1, 0.15) is 12.4 Å². The topological polar surface area (TPSA) is 72.3 Å². The van der Waals surface area contributed by atoms with Crippen LogP contribution in [0.3, 0.4) is 0 Å². The highest BCUT2D eigenvalue weighted by Crippen LogP contribution is 2.33. The third-order valence-corrected chi connectivity index (χ3v) is 6.74. The van der Waals surface area contributed by atoms with Crippen molar-refractivity contribution in [2.75, 3.05) is 27.2 Å². The van der Waals surface area contributed by atoms with E-state index in [-0.39, 0.29) is 11.9 Å². The van der Waals surface area contributed by atoms with Crippen LogP contribution in [0.4, 0.5) is 8.78 Å². The van der Waals surface area contributed by atoms with E-state index in [2.05, 4.69) is 15.4 Å². The van der Waals surface area contributed by atoms with E-state index in [9.17, 15) is 13.6 Å². The molecule has 1 N–H and O–H groups in total. The summed E-state index contributed by atoms with van der Waals surface area (Å²) < 4.78 is 32.6. The second-order valence-electron chi connectivity index (χ2n) is 9.02. The molecule has 1 atom stereocenters. The standard InChI is InChI=1S/C27H29F2N5O2S/c1-17-5-6-23(36-8-7-33(3)4)12-24(17)26(35)32-18(2)19-9-20(22-13-31-34(15-22)27(28)29)11-21(10-19)25-14-30-16-37-25/h5-6,9-16,18,27H,7-8H2,1-4H3,(H,32,35)/t18-/m1/s1. The second-order valence-corrected chi connectivity index (χ2v) is 9.91. The van der Waals surface area contributed by atoms with Gasteiger partial charge in [-0.25, -0.2) is 4.68 Å². The van der Waals surface area contributed by atoms with Crippen molar-refractivity contribution in [3.63, 3.8) is 0 Å². The Morgan fingerprint density at radius 1 is 1.14 bits per heavy atom. The SMILES string of the molecule is Cc1ccc(OCCN(C)C)cc1C(=O)N[C@H](C)c1cc(-c2cnn(C(F)F)c2)cc(-c2cncs2)c1. The minimum Gasteiger partial charge on any atom is -0.492 e. The Labute approximate surface area is 218 Å². The number of nitrogens with one attached hydrogen (secondary N) is 1. The highest BCUT2D eigenvalue weighted by molar-refractivity contribution is 7.13. The summed E-state index contributed by atoms with van der Waals surface area (Å²) in [6.07, 6.45) is 4.48. The van der Waals surface area contributed by atoms with E-state index in [0.717, 1.165) is 33.7 Å². The number of aromatic nitrogens is 3. The van der Waals surface area contributed by atoms with Crippen LogP contribution in [-0.4, -0.2) is 52.8 Å². The molecule has 2 aromatic carbocycles. The molecule has 0 aliphatic carbocycles. The fourth-order valence-electron chi connectivity index (χ4n) is 3.80. The Balaban J connectivity index is 1.59. The van der Waals surface area contributed by atoms with Gasteiger partial charge in [0, 0.05) is 30.1 Å². The summed E-state index contributed by atoms with van der Waals surface area (Å²) >= 11 is 1.48. The van der Waals surface area contributed by atoms with E-state index < -0.39 is 6.55 Å². The lowest BCUT2D eigenvalue weighted by molar-refractivity contribution is 0.0566. The molecule has 0 spiro atoms. The molecule has 2 heterocycles. The van der Waals surface area contributed by atoms with Crippen molar-refractivity contribution in [1.29, 1.82) is 0 Å². The van der Waals surface area contributed by atoms with Crippen molar-refractivity contribution in [2.24, 2.45) is 0 Å². The number of rotatable bonds is 10. The van der Waals surface area contributed by atoms with E-state index >= 15 is 0 Å². The zero-order chi connectivity index (χ0) is 26.5. The Kier molecular flexibility index (Phi) is 8.30. The smallest absolute Gasteiger partial charge is 0.333 e. The van der Waals surface area contributed by atoms with Crippen molar-refractivity contribution in [3.8, 4) is 27.3 Å². The minimum absolute atomic E-state index is 0.224. The number of hydrogen-bond acceptors (Lipinski definition) is 6. The van der Waals surface area contributed by atoms with Crippen LogP contribution in [0.5, 0.6) is 5.75 Å². The molecule has 0 aliphatic rings. The summed E-state index contributed by atoms with van der Waals surface area (Å²) in [4.78, 5) is 20.4. The van der Waals surface area contributed by atoms with Crippen molar-refractivity contribution in [1.82, 2.24) is 25.0 Å². The van der Waals surface area contributed by atoms with Crippen LogP contribution in [0.2, 0.25) is 0 Å². The van der Waals surface area contributed by atoms with Gasteiger partial charge in [-0.2, -0.15) is 13.9 Å². The maximum absolute atomic E-state index is 13.3. The number of halogens is 2. The van der Waals surface area contributed by atoms with Crippen LogP contribution in [-0.2, 0) is 0 Å². The quantitative estimate of drug-likeness (QED) is 0.283. The van der Waals surface area contributed by atoms with E-state index in [0.29, 0.717) is 28.2 Å². The Hall–Kier alpha value is -3.63. The summed E-state index contributed by atoms with van der Waals surface area (Å²) in [5, 5.41) is 6.84. The molecule has 7 nitrogen and oxygen atoms in total. The maximum Gasteiger partial charge on any atom is 0.333 e. The molecule has 4 rings (SSSR count). The van der Waals surface area contributed by atoms with Crippen LogP contribution in [0.1, 0.15) is 41.0 Å². The molecule has 1 amide bonds. The highest BCUT2D eigenvalue weighted by atomic mass is 32.1. The number of alkyl halides is 2. The molecular weight excluding hydrogens is 496 g/mol. The van der Waals surface area contributed by atoms with Crippen molar-refractivity contribution in [3.05, 3.63) is 77.2 Å². The Bertz CT molecular complexity index is 1350. The van der Waals surface area contributed by atoms with Gasteiger partial charge in [0.2, 0.25) is 0 Å². The number of amides is 1. The van der Waals surface area contributed by atoms with Gasteiger partial charge in [-0.15, -0.1) is 11.3 Å². The molecule has 0 saturated carbocycles. The molecule has 194 valence electrons. The number of carbonyl (C=O) groups excluding carboxylic acids is 1. The highest BCUT2D eigenvalue weighted by Gasteiger charge is 2.18. The summed E-state index contributed by atoms with van der Waals surface area (Å²) in [5.41, 5.74) is 6.10. The van der Waals surface area contributed by atoms with Crippen LogP contribution in [0.25, 0.3) is 21.6 Å². The molecule has 0 aliphatic heterocycles. The molecule has 2 aromatic heterocycles. The first-order valence-corrected chi connectivity index (χ1v) is 12.6. The van der Waals surface area contributed by atoms with E-state index in [4.69, 9.17) is 4.74 Å². The average Bonchev–Trinajstić information content (AvgIpc) is 3.57. The minimum atomic E-state index is -2.72. The zero-order valence-corrected chi connectivity index (χ0v) is 21.9. The van der Waals surface area contributed by atoms with E-state index in [1.54, 1.807) is 17.8 Å². The molecule has 4 aromatic rings. The van der Waals surface area contributed by atoms with Gasteiger partial charge in [-0.3, -0.25) is 9.78 Å². The number of likely N-dealkylation sites (N-methyl/N-ethyl adjacent to an activating group) is 1. The summed E-state index contributed by atoms with van der Waals surface area (Å²) in [6, 6.07) is 10.9. The van der Waals surface area contributed by atoms with Crippen molar-refractivity contribution >= 4 is 17.2 Å². The average molecular weight is 526 g/mol. The molecule has 0 radical (unpaired) electrons. The van der Waals surface area contributed by atoms with Crippen LogP contribution >= 0.6 is 11.3 Å². The lowest BCUT2D eigenvalue weighted by atomic mass is 9.97. The number of thiazole rings is 1. The zero-order valence-electron chi connectivity index (χ0n) is 21.1. The summed E-state index contributed by atoms with van der Waals surface area (Å²) in [6.45, 7) is 2.33. The van der Waals surface area contributed by atoms with E-state index in [1.165, 1.54) is 23.7 Å². The molecule has 0 bridgehead atoms. The third-order valence-electron chi connectivity index (χ3n) is 5.92. The number of ether oxygens (including phenoxy) is 1.